The highest BCUT2D eigenvalue weighted by atomic mass is 31.2. The van der Waals surface area contributed by atoms with Gasteiger partial charge in [-0.1, -0.05) is 267 Å². The number of carbonyl (C=O) groups is 2. The van der Waals surface area contributed by atoms with Crippen molar-refractivity contribution < 1.29 is 37.3 Å². The number of phosphoric ester groups is 1. The van der Waals surface area contributed by atoms with Gasteiger partial charge >= 0.3 is 13.8 Å². The number of nitrogens with zero attached hydrogens (tertiary/aromatic N) is 1. The lowest BCUT2D eigenvalue weighted by atomic mass is 10.0. The monoisotopic (exact) mass is 1070 g/mol. The van der Waals surface area contributed by atoms with Gasteiger partial charge in [-0.15, -0.1) is 0 Å². The largest absolute Gasteiger partial charge is 0.472 e. The summed E-state index contributed by atoms with van der Waals surface area (Å²) in [7, 11) is 1.46. The molecule has 9 nitrogen and oxygen atoms in total. The van der Waals surface area contributed by atoms with E-state index in [-0.39, 0.29) is 25.5 Å². The van der Waals surface area contributed by atoms with Gasteiger partial charge in [0.15, 0.2) is 0 Å². The Morgan fingerprint density at radius 1 is 0.480 bits per heavy atom. The lowest BCUT2D eigenvalue weighted by Gasteiger charge is -2.27. The van der Waals surface area contributed by atoms with Crippen LogP contribution in [0, 0.1) is 0 Å². The van der Waals surface area contributed by atoms with Crippen molar-refractivity contribution in [2.75, 3.05) is 40.9 Å². The Balaban J connectivity index is 5.32. The van der Waals surface area contributed by atoms with E-state index in [2.05, 4.69) is 92.9 Å². The van der Waals surface area contributed by atoms with E-state index >= 15 is 0 Å². The van der Waals surface area contributed by atoms with Crippen molar-refractivity contribution >= 4 is 19.7 Å². The van der Waals surface area contributed by atoms with Crippen LogP contribution in [0.3, 0.4) is 0 Å². The van der Waals surface area contributed by atoms with Crippen LogP contribution < -0.4 is 5.32 Å². The normalized spacial score (nSPS) is 14.3. The van der Waals surface area contributed by atoms with Crippen LogP contribution in [0.5, 0.6) is 0 Å². The van der Waals surface area contributed by atoms with Crippen molar-refractivity contribution in [3.63, 3.8) is 0 Å². The van der Waals surface area contributed by atoms with Crippen LogP contribution in [0.1, 0.15) is 265 Å². The molecule has 1 amide bonds. The summed E-state index contributed by atoms with van der Waals surface area (Å²) in [5.41, 5.74) is 0. The van der Waals surface area contributed by atoms with Crippen LogP contribution in [0.15, 0.2) is 85.1 Å². The molecule has 75 heavy (non-hydrogen) atoms. The number of likely N-dealkylation sites (N-methyl/N-ethyl adjacent to an activating group) is 1. The first-order valence-corrected chi connectivity index (χ1v) is 32.4. The lowest BCUT2D eigenvalue weighted by Crippen LogP contribution is -2.47. The maximum absolute atomic E-state index is 13.5. The summed E-state index contributed by atoms with van der Waals surface area (Å²) in [4.78, 5) is 37.6. The topological polar surface area (TPSA) is 111 Å². The Morgan fingerprint density at radius 3 is 1.28 bits per heavy atom. The second-order valence-electron chi connectivity index (χ2n) is 21.9. The number of rotatable bonds is 55. The molecule has 0 aromatic carbocycles. The van der Waals surface area contributed by atoms with Gasteiger partial charge in [0, 0.05) is 12.8 Å². The van der Waals surface area contributed by atoms with E-state index in [1.54, 1.807) is 0 Å². The van der Waals surface area contributed by atoms with Crippen LogP contribution in [0.2, 0.25) is 0 Å². The molecule has 3 atom stereocenters. The van der Waals surface area contributed by atoms with Crippen molar-refractivity contribution in [1.82, 2.24) is 5.32 Å². The van der Waals surface area contributed by atoms with Gasteiger partial charge < -0.3 is 19.4 Å². The third-order valence-corrected chi connectivity index (χ3v) is 14.3. The predicted octanol–water partition coefficient (Wildman–Crippen LogP) is 19.0. The molecule has 0 radical (unpaired) electrons. The van der Waals surface area contributed by atoms with Crippen LogP contribution >= 0.6 is 7.82 Å². The number of hydrogen-bond acceptors (Lipinski definition) is 6. The van der Waals surface area contributed by atoms with E-state index in [0.717, 1.165) is 77.0 Å². The fraction of sp³-hybridized carbons (Fsp3) is 0.754. The molecule has 0 aliphatic rings. The van der Waals surface area contributed by atoms with Crippen LogP contribution in [0.25, 0.3) is 0 Å². The van der Waals surface area contributed by atoms with Gasteiger partial charge in [-0.2, -0.15) is 0 Å². The first kappa shape index (κ1) is 72.2. The molecule has 0 aliphatic heterocycles. The summed E-state index contributed by atoms with van der Waals surface area (Å²) in [5, 5.41) is 3.04. The second kappa shape index (κ2) is 54.5. The molecule has 3 unspecified atom stereocenters. The summed E-state index contributed by atoms with van der Waals surface area (Å²) in [6, 6.07) is -0.880. The van der Waals surface area contributed by atoms with Gasteiger partial charge in [0.1, 0.15) is 19.3 Å². The minimum absolute atomic E-state index is 0.0271. The van der Waals surface area contributed by atoms with E-state index in [1.165, 1.54) is 148 Å². The summed E-state index contributed by atoms with van der Waals surface area (Å²) < 4.78 is 30.6. The SMILES string of the molecule is CC/C=C\C/C=C\C/C=C\C/C=C\C/C=C\C/C=C\CCC(=O)OC(/C=C/CCCCCCCCCCC)C(COP(=O)(O)OCC[N+](C)(C)C)NC(=O)CCCCCCCCCCCCCCCCCCCCC. The molecule has 0 spiro atoms. The maximum atomic E-state index is 13.5. The number of unbranched alkanes of at least 4 members (excludes halogenated alkanes) is 27. The second-order valence-corrected chi connectivity index (χ2v) is 23.3. The number of esters is 1. The van der Waals surface area contributed by atoms with Crippen LogP contribution in [0.4, 0.5) is 0 Å². The fourth-order valence-corrected chi connectivity index (χ4v) is 9.35. The number of allylic oxidation sites excluding steroid dienone is 13. The van der Waals surface area contributed by atoms with Gasteiger partial charge in [-0.05, 0) is 70.3 Å². The Hall–Kier alpha value is -2.81. The van der Waals surface area contributed by atoms with Crippen LogP contribution in [-0.4, -0.2) is 74.3 Å². The summed E-state index contributed by atoms with van der Waals surface area (Å²) in [6.45, 7) is 6.86. The first-order chi connectivity index (χ1) is 36.4. The zero-order valence-electron chi connectivity index (χ0n) is 49.5. The third kappa shape index (κ3) is 55.7. The molecule has 2 N–H and O–H groups in total. The molecular weight excluding hydrogens is 952 g/mol. The number of quaternary nitrogens is 1. The number of ether oxygens (including phenoxy) is 1. The van der Waals surface area contributed by atoms with Gasteiger partial charge in [0.25, 0.3) is 0 Å². The molecule has 0 aromatic heterocycles. The number of phosphoric acid groups is 1. The molecule has 0 aliphatic carbocycles. The van der Waals surface area contributed by atoms with E-state index in [9.17, 15) is 19.0 Å². The number of nitrogens with one attached hydrogen (secondary N) is 1. The molecular formula is C65H118N2O7P+. The van der Waals surface area contributed by atoms with Gasteiger partial charge in [-0.25, -0.2) is 4.57 Å². The van der Waals surface area contributed by atoms with Crippen molar-refractivity contribution in [1.29, 1.82) is 0 Å². The Bertz CT molecular complexity index is 1560. The predicted molar refractivity (Wildman–Crippen MR) is 323 cm³/mol. The molecule has 10 heteroatoms. The van der Waals surface area contributed by atoms with E-state index in [0.29, 0.717) is 23.9 Å². The van der Waals surface area contributed by atoms with Crippen molar-refractivity contribution in [2.45, 2.75) is 277 Å². The molecule has 0 rings (SSSR count). The third-order valence-electron chi connectivity index (χ3n) is 13.4. The Kier molecular flexibility index (Phi) is 52.5. The molecule has 434 valence electrons. The summed E-state index contributed by atoms with van der Waals surface area (Å²) in [5.74, 6) is -0.600. The number of carbonyl (C=O) groups excluding carboxylic acids is 2. The van der Waals surface area contributed by atoms with E-state index < -0.39 is 25.9 Å². The minimum Gasteiger partial charge on any atom is -0.456 e. The molecule has 0 bridgehead atoms. The van der Waals surface area contributed by atoms with Gasteiger partial charge in [0.2, 0.25) is 5.91 Å². The van der Waals surface area contributed by atoms with Gasteiger partial charge in [0.05, 0.1) is 33.8 Å². The zero-order chi connectivity index (χ0) is 55.0. The van der Waals surface area contributed by atoms with Crippen molar-refractivity contribution in [3.05, 3.63) is 85.1 Å². The number of amides is 1. The fourth-order valence-electron chi connectivity index (χ4n) is 8.61. The Morgan fingerprint density at radius 2 is 0.867 bits per heavy atom. The quantitative estimate of drug-likeness (QED) is 0.0205. The first-order valence-electron chi connectivity index (χ1n) is 30.9. The molecule has 0 aromatic rings. The molecule has 0 saturated carbocycles. The molecule has 0 saturated heterocycles. The maximum Gasteiger partial charge on any atom is 0.472 e. The highest BCUT2D eigenvalue weighted by Gasteiger charge is 2.30. The summed E-state index contributed by atoms with van der Waals surface area (Å²) >= 11 is 0. The summed E-state index contributed by atoms with van der Waals surface area (Å²) in [6.07, 6.45) is 71.7. The molecule has 0 fully saturated rings. The van der Waals surface area contributed by atoms with E-state index in [1.807, 2.05) is 39.4 Å². The standard InChI is InChI=1S/C65H117N2O7P/c1-7-10-13-16-19-22-25-27-29-31-33-35-37-39-42-45-48-51-54-57-64(68)66-62(61-73-75(70,71)72-60-59-67(4,5)6)63(56-53-50-47-44-41-24-21-18-15-12-9-3)74-65(69)58-55-52-49-46-43-40-38-36-34-32-30-28-26-23-20-17-14-11-8-2/h11,14,20,23,28,30,34,36,40,43,49,52-53,56,62-63H,7-10,12-13,15-19,21-22,24-27,29,31-33,35,37-39,41-42,44-48,50-51,54-55,57-61H2,1-6H3,(H-,66,68,70,71)/p+1/b14-11-,23-20-,30-28-,36-34-,43-40-,52-49-,56-53+. The Labute approximate surface area is 463 Å². The zero-order valence-corrected chi connectivity index (χ0v) is 50.4. The smallest absolute Gasteiger partial charge is 0.456 e. The van der Waals surface area contributed by atoms with E-state index in [4.69, 9.17) is 13.8 Å². The minimum atomic E-state index is -4.46. The molecule has 0 heterocycles. The average molecular weight is 1070 g/mol. The highest BCUT2D eigenvalue weighted by Crippen LogP contribution is 2.43. The lowest BCUT2D eigenvalue weighted by molar-refractivity contribution is -0.870. The van der Waals surface area contributed by atoms with Gasteiger partial charge in [-0.3, -0.25) is 18.6 Å². The number of hydrogen-bond donors (Lipinski definition) is 2. The van der Waals surface area contributed by atoms with Crippen molar-refractivity contribution in [3.8, 4) is 0 Å². The highest BCUT2D eigenvalue weighted by molar-refractivity contribution is 7.47. The van der Waals surface area contributed by atoms with Crippen LogP contribution in [-0.2, 0) is 27.9 Å². The average Bonchev–Trinajstić information content (AvgIpc) is 3.37. The van der Waals surface area contributed by atoms with Crippen molar-refractivity contribution in [2.24, 2.45) is 0 Å².